The van der Waals surface area contributed by atoms with Crippen LogP contribution in [-0.2, 0) is 7.05 Å². The van der Waals surface area contributed by atoms with Crippen LogP contribution in [0, 0.1) is 6.92 Å². The lowest BCUT2D eigenvalue weighted by Crippen LogP contribution is -2.13. The van der Waals surface area contributed by atoms with Crippen molar-refractivity contribution in [2.24, 2.45) is 7.05 Å². The molecule has 0 fully saturated rings. The summed E-state index contributed by atoms with van der Waals surface area (Å²) in [7, 11) is 1.92. The molecule has 1 aromatic carbocycles. The van der Waals surface area contributed by atoms with Crippen molar-refractivity contribution in [2.75, 3.05) is 5.32 Å². The fraction of sp³-hybridized carbons (Fsp3) is 0.222. The zero-order chi connectivity index (χ0) is 17.8. The molecule has 0 aliphatic carbocycles. The van der Waals surface area contributed by atoms with Crippen molar-refractivity contribution in [1.82, 2.24) is 19.7 Å². The number of aryl methyl sites for hydroxylation is 2. The lowest BCUT2D eigenvalue weighted by atomic mass is 10.1. The van der Waals surface area contributed by atoms with Gasteiger partial charge < -0.3 is 9.88 Å². The van der Waals surface area contributed by atoms with Gasteiger partial charge in [0.15, 0.2) is 5.16 Å². The zero-order valence-corrected chi connectivity index (χ0v) is 15.1. The normalized spacial score (nSPS) is 12.0. The monoisotopic (exact) mass is 353 g/mol. The van der Waals surface area contributed by atoms with E-state index in [0.717, 1.165) is 22.0 Å². The van der Waals surface area contributed by atoms with Crippen LogP contribution in [0.1, 0.15) is 33.7 Å². The first-order valence-corrected chi connectivity index (χ1v) is 8.75. The van der Waals surface area contributed by atoms with Crippen molar-refractivity contribution in [2.45, 2.75) is 24.3 Å². The Kier molecular flexibility index (Phi) is 5.14. The van der Waals surface area contributed by atoms with Crippen molar-refractivity contribution >= 4 is 23.4 Å². The Balaban J connectivity index is 1.74. The van der Waals surface area contributed by atoms with Gasteiger partial charge >= 0.3 is 0 Å². The largest absolute Gasteiger partial charge is 0.322 e. The number of carbonyl (C=O) groups excluding carboxylic acids is 1. The Hall–Kier alpha value is -2.67. The molecule has 3 rings (SSSR count). The predicted molar refractivity (Wildman–Crippen MR) is 98.6 cm³/mol. The van der Waals surface area contributed by atoms with Gasteiger partial charge in [0.25, 0.3) is 5.91 Å². The number of nitrogens with zero attached hydrogens (tertiary/aromatic N) is 4. The molecular formula is C18H19N5OS. The van der Waals surface area contributed by atoms with Crippen LogP contribution in [0.25, 0.3) is 0 Å². The number of carbonyl (C=O) groups is 1. The minimum absolute atomic E-state index is 0.156. The number of benzene rings is 1. The molecule has 0 spiro atoms. The van der Waals surface area contributed by atoms with Gasteiger partial charge in [-0.1, -0.05) is 23.9 Å². The maximum absolute atomic E-state index is 12.4. The molecule has 1 N–H and O–H groups in total. The highest BCUT2D eigenvalue weighted by molar-refractivity contribution is 7.99. The van der Waals surface area contributed by atoms with Gasteiger partial charge in [-0.2, -0.15) is 0 Å². The van der Waals surface area contributed by atoms with E-state index in [1.807, 2.05) is 48.9 Å². The number of rotatable bonds is 5. The van der Waals surface area contributed by atoms with Crippen molar-refractivity contribution < 1.29 is 4.79 Å². The third-order valence-electron chi connectivity index (χ3n) is 3.85. The number of pyridine rings is 1. The molecule has 128 valence electrons. The maximum atomic E-state index is 12.4. The maximum Gasteiger partial charge on any atom is 0.257 e. The van der Waals surface area contributed by atoms with Crippen LogP contribution in [-0.4, -0.2) is 25.7 Å². The quantitative estimate of drug-likeness (QED) is 0.709. The van der Waals surface area contributed by atoms with Crippen LogP contribution < -0.4 is 5.32 Å². The van der Waals surface area contributed by atoms with Gasteiger partial charge in [0.2, 0.25) is 0 Å². The fourth-order valence-electron chi connectivity index (χ4n) is 2.37. The Morgan fingerprint density at radius 1 is 1.32 bits per heavy atom. The van der Waals surface area contributed by atoms with Gasteiger partial charge in [0.1, 0.15) is 6.33 Å². The van der Waals surface area contributed by atoms with Crippen LogP contribution >= 0.6 is 11.8 Å². The molecule has 25 heavy (non-hydrogen) atoms. The molecule has 1 amide bonds. The van der Waals surface area contributed by atoms with E-state index in [1.165, 1.54) is 0 Å². The molecule has 0 saturated heterocycles. The molecular weight excluding hydrogens is 334 g/mol. The first kappa shape index (κ1) is 17.2. The summed E-state index contributed by atoms with van der Waals surface area (Å²) in [5.74, 6) is -0.156. The molecule has 0 aliphatic rings. The van der Waals surface area contributed by atoms with Crippen molar-refractivity contribution in [3.63, 3.8) is 0 Å². The molecule has 0 radical (unpaired) electrons. The highest BCUT2D eigenvalue weighted by Crippen LogP contribution is 2.34. The van der Waals surface area contributed by atoms with Crippen molar-refractivity contribution in [1.29, 1.82) is 0 Å². The Labute approximate surface area is 150 Å². The van der Waals surface area contributed by atoms with Crippen LogP contribution in [0.2, 0.25) is 0 Å². The topological polar surface area (TPSA) is 72.7 Å². The summed E-state index contributed by atoms with van der Waals surface area (Å²) >= 11 is 1.62. The second-order valence-electron chi connectivity index (χ2n) is 5.75. The molecule has 2 aromatic heterocycles. The number of hydrogen-bond acceptors (Lipinski definition) is 5. The van der Waals surface area contributed by atoms with E-state index in [1.54, 1.807) is 30.5 Å². The van der Waals surface area contributed by atoms with Gasteiger partial charge in [-0.3, -0.25) is 9.78 Å². The second kappa shape index (κ2) is 7.48. The highest BCUT2D eigenvalue weighted by atomic mass is 32.2. The van der Waals surface area contributed by atoms with Crippen LogP contribution in [0.3, 0.4) is 0 Å². The summed E-state index contributed by atoms with van der Waals surface area (Å²) in [6.07, 6.45) is 4.95. The van der Waals surface area contributed by atoms with Gasteiger partial charge in [-0.25, -0.2) is 0 Å². The van der Waals surface area contributed by atoms with Crippen molar-refractivity contribution in [3.05, 3.63) is 65.7 Å². The van der Waals surface area contributed by atoms with E-state index >= 15 is 0 Å². The van der Waals surface area contributed by atoms with Crippen LogP contribution in [0.5, 0.6) is 0 Å². The third kappa shape index (κ3) is 4.06. The predicted octanol–water partition coefficient (Wildman–Crippen LogP) is 3.62. The summed E-state index contributed by atoms with van der Waals surface area (Å²) in [4.78, 5) is 16.5. The highest BCUT2D eigenvalue weighted by Gasteiger charge is 2.13. The lowest BCUT2D eigenvalue weighted by molar-refractivity contribution is 0.102. The van der Waals surface area contributed by atoms with Crippen LogP contribution in [0.4, 0.5) is 5.69 Å². The lowest BCUT2D eigenvalue weighted by Gasteiger charge is -2.13. The minimum Gasteiger partial charge on any atom is -0.322 e. The summed E-state index contributed by atoms with van der Waals surface area (Å²) in [6, 6.07) is 9.67. The average molecular weight is 353 g/mol. The van der Waals surface area contributed by atoms with Gasteiger partial charge in [0, 0.05) is 30.4 Å². The third-order valence-corrected chi connectivity index (χ3v) is 5.06. The van der Waals surface area contributed by atoms with E-state index in [9.17, 15) is 4.79 Å². The molecule has 0 saturated carbocycles. The van der Waals surface area contributed by atoms with E-state index in [4.69, 9.17) is 0 Å². The van der Waals surface area contributed by atoms with E-state index in [0.29, 0.717) is 5.56 Å². The number of nitrogens with one attached hydrogen (secondary N) is 1. The Morgan fingerprint density at radius 3 is 2.88 bits per heavy atom. The minimum atomic E-state index is -0.156. The number of thioether (sulfide) groups is 1. The molecule has 6 nitrogen and oxygen atoms in total. The van der Waals surface area contributed by atoms with Gasteiger partial charge in [-0.05, 0) is 43.2 Å². The molecule has 2 heterocycles. The van der Waals surface area contributed by atoms with Crippen LogP contribution in [0.15, 0.2) is 54.2 Å². The molecule has 7 heteroatoms. The number of anilines is 1. The molecule has 3 aromatic rings. The van der Waals surface area contributed by atoms with Crippen molar-refractivity contribution in [3.8, 4) is 0 Å². The standard InChI is InChI=1S/C18H19N5OS/c1-12-7-8-19-10-16(12)17(24)21-15-6-4-5-14(9-15)13(2)25-18-22-20-11-23(18)3/h4-11,13H,1-3H3,(H,21,24). The first-order valence-electron chi connectivity index (χ1n) is 7.87. The van der Waals surface area contributed by atoms with Gasteiger partial charge in [0.05, 0.1) is 5.56 Å². The number of aromatic nitrogens is 4. The number of hydrogen-bond donors (Lipinski definition) is 1. The smallest absolute Gasteiger partial charge is 0.257 e. The van der Waals surface area contributed by atoms with E-state index < -0.39 is 0 Å². The molecule has 1 atom stereocenters. The summed E-state index contributed by atoms with van der Waals surface area (Å²) in [6.45, 7) is 4.00. The first-order chi connectivity index (χ1) is 12.0. The molecule has 0 bridgehead atoms. The average Bonchev–Trinajstić information content (AvgIpc) is 3.00. The summed E-state index contributed by atoms with van der Waals surface area (Å²) in [5.41, 5.74) is 3.34. The van der Waals surface area contributed by atoms with E-state index in [-0.39, 0.29) is 11.2 Å². The Bertz CT molecular complexity index is 892. The zero-order valence-electron chi connectivity index (χ0n) is 14.3. The SMILES string of the molecule is Cc1ccncc1C(=O)Nc1cccc(C(C)Sc2nncn2C)c1. The molecule has 0 aliphatic heterocycles. The van der Waals surface area contributed by atoms with E-state index in [2.05, 4.69) is 27.4 Å². The second-order valence-corrected chi connectivity index (χ2v) is 7.06. The van der Waals surface area contributed by atoms with Gasteiger partial charge in [-0.15, -0.1) is 10.2 Å². The fourth-order valence-corrected chi connectivity index (χ4v) is 3.28. The molecule has 1 unspecified atom stereocenters. The Morgan fingerprint density at radius 2 is 2.16 bits per heavy atom. The number of amides is 1. The summed E-state index contributed by atoms with van der Waals surface area (Å²) in [5, 5.41) is 12.0. The summed E-state index contributed by atoms with van der Waals surface area (Å²) < 4.78 is 1.89.